The maximum absolute atomic E-state index is 3.83. The summed E-state index contributed by atoms with van der Waals surface area (Å²) in [5, 5.41) is 0. The molecule has 0 N–H and O–H groups in total. The highest BCUT2D eigenvalue weighted by molar-refractivity contribution is 9.09. The molecule has 1 saturated carbocycles. The van der Waals surface area contributed by atoms with Crippen LogP contribution in [0, 0.1) is 11.8 Å². The van der Waals surface area contributed by atoms with Crippen LogP contribution in [0.3, 0.4) is 0 Å². The number of hydrogen-bond acceptors (Lipinski definition) is 0. The lowest BCUT2D eigenvalue weighted by Crippen LogP contribution is -2.21. The van der Waals surface area contributed by atoms with Crippen molar-refractivity contribution >= 4 is 15.9 Å². The van der Waals surface area contributed by atoms with Gasteiger partial charge in [0.05, 0.1) is 0 Å². The Kier molecular flexibility index (Phi) is 4.63. The molecule has 0 aromatic rings. The first kappa shape index (κ1) is 10.6. The summed E-state index contributed by atoms with van der Waals surface area (Å²) >= 11 is 3.83. The third-order valence-electron chi connectivity index (χ3n) is 3.05. The van der Waals surface area contributed by atoms with E-state index in [1.807, 2.05) is 0 Å². The predicted octanol–water partition coefficient (Wildman–Crippen LogP) is 4.38. The standard InChI is InChI=1S/C11H21Br/c1-3-5-11(12)10-7-4-6-9(2)8-10/h9-11H,3-8H2,1-2H3. The van der Waals surface area contributed by atoms with Crippen molar-refractivity contribution in [3.63, 3.8) is 0 Å². The summed E-state index contributed by atoms with van der Waals surface area (Å²) in [6.07, 6.45) is 8.51. The third-order valence-corrected chi connectivity index (χ3v) is 4.26. The fraction of sp³-hybridized carbons (Fsp3) is 1.00. The summed E-state index contributed by atoms with van der Waals surface area (Å²) in [4.78, 5) is 0.797. The zero-order valence-electron chi connectivity index (χ0n) is 8.35. The van der Waals surface area contributed by atoms with Gasteiger partial charge in [-0.25, -0.2) is 0 Å². The summed E-state index contributed by atoms with van der Waals surface area (Å²) < 4.78 is 0. The molecule has 0 spiro atoms. The van der Waals surface area contributed by atoms with Crippen LogP contribution in [0.4, 0.5) is 0 Å². The van der Waals surface area contributed by atoms with E-state index in [2.05, 4.69) is 29.8 Å². The lowest BCUT2D eigenvalue weighted by molar-refractivity contribution is 0.274. The Morgan fingerprint density at radius 3 is 2.75 bits per heavy atom. The number of hydrogen-bond donors (Lipinski definition) is 0. The number of halogens is 1. The van der Waals surface area contributed by atoms with E-state index in [0.717, 1.165) is 16.7 Å². The van der Waals surface area contributed by atoms with Crippen LogP contribution in [-0.2, 0) is 0 Å². The molecule has 3 unspecified atom stereocenters. The van der Waals surface area contributed by atoms with Crippen molar-refractivity contribution in [1.82, 2.24) is 0 Å². The van der Waals surface area contributed by atoms with E-state index in [1.165, 1.54) is 38.5 Å². The Morgan fingerprint density at radius 1 is 1.42 bits per heavy atom. The van der Waals surface area contributed by atoms with Crippen LogP contribution in [0.15, 0.2) is 0 Å². The summed E-state index contributed by atoms with van der Waals surface area (Å²) in [6, 6.07) is 0. The van der Waals surface area contributed by atoms with Crippen LogP contribution < -0.4 is 0 Å². The minimum Gasteiger partial charge on any atom is -0.0888 e. The molecule has 1 aliphatic rings. The van der Waals surface area contributed by atoms with Crippen LogP contribution in [0.2, 0.25) is 0 Å². The number of alkyl halides is 1. The first-order valence-electron chi connectivity index (χ1n) is 5.38. The minimum atomic E-state index is 0.797. The molecule has 0 aromatic heterocycles. The van der Waals surface area contributed by atoms with E-state index >= 15 is 0 Å². The fourth-order valence-electron chi connectivity index (χ4n) is 2.32. The van der Waals surface area contributed by atoms with Gasteiger partial charge in [0, 0.05) is 4.83 Å². The third kappa shape index (κ3) is 3.08. The molecule has 0 aromatic carbocycles. The molecule has 0 nitrogen and oxygen atoms in total. The van der Waals surface area contributed by atoms with E-state index in [0.29, 0.717) is 0 Å². The average molecular weight is 233 g/mol. The summed E-state index contributed by atoms with van der Waals surface area (Å²) in [5.74, 6) is 1.94. The van der Waals surface area contributed by atoms with Crippen LogP contribution in [-0.4, -0.2) is 4.83 Å². The highest BCUT2D eigenvalue weighted by Crippen LogP contribution is 2.35. The Balaban J connectivity index is 2.29. The van der Waals surface area contributed by atoms with Crippen LogP contribution >= 0.6 is 15.9 Å². The Hall–Kier alpha value is 0.480. The Bertz CT molecular complexity index is 122. The summed E-state index contributed by atoms with van der Waals surface area (Å²) in [6.45, 7) is 4.68. The predicted molar refractivity (Wildman–Crippen MR) is 58.7 cm³/mol. The van der Waals surface area contributed by atoms with Gasteiger partial charge >= 0.3 is 0 Å². The minimum absolute atomic E-state index is 0.797. The Morgan fingerprint density at radius 2 is 2.17 bits per heavy atom. The Labute approximate surface area is 85.3 Å². The molecule has 0 aliphatic heterocycles. The van der Waals surface area contributed by atoms with Crippen LogP contribution in [0.1, 0.15) is 52.4 Å². The van der Waals surface area contributed by atoms with Gasteiger partial charge in [-0.1, -0.05) is 49.0 Å². The van der Waals surface area contributed by atoms with Gasteiger partial charge in [0.25, 0.3) is 0 Å². The van der Waals surface area contributed by atoms with E-state index in [9.17, 15) is 0 Å². The van der Waals surface area contributed by atoms with Gasteiger partial charge in [-0.15, -0.1) is 0 Å². The zero-order chi connectivity index (χ0) is 8.97. The molecule has 0 saturated heterocycles. The van der Waals surface area contributed by atoms with Crippen molar-refractivity contribution in [2.75, 3.05) is 0 Å². The lowest BCUT2D eigenvalue weighted by Gasteiger charge is -2.30. The van der Waals surface area contributed by atoms with E-state index < -0.39 is 0 Å². The monoisotopic (exact) mass is 232 g/mol. The molecule has 1 heteroatoms. The van der Waals surface area contributed by atoms with Gasteiger partial charge in [0.2, 0.25) is 0 Å². The zero-order valence-corrected chi connectivity index (χ0v) is 9.94. The fourth-order valence-corrected chi connectivity index (χ4v) is 3.26. The van der Waals surface area contributed by atoms with Crippen molar-refractivity contribution in [1.29, 1.82) is 0 Å². The molecular weight excluding hydrogens is 212 g/mol. The highest BCUT2D eigenvalue weighted by Gasteiger charge is 2.23. The first-order valence-corrected chi connectivity index (χ1v) is 6.29. The summed E-state index contributed by atoms with van der Waals surface area (Å²) in [7, 11) is 0. The molecule has 12 heavy (non-hydrogen) atoms. The molecule has 1 fully saturated rings. The maximum atomic E-state index is 3.83. The van der Waals surface area contributed by atoms with E-state index in [4.69, 9.17) is 0 Å². The van der Waals surface area contributed by atoms with E-state index in [1.54, 1.807) is 0 Å². The molecule has 0 heterocycles. The van der Waals surface area contributed by atoms with Crippen molar-refractivity contribution in [3.8, 4) is 0 Å². The largest absolute Gasteiger partial charge is 0.0888 e. The van der Waals surface area contributed by atoms with E-state index in [-0.39, 0.29) is 0 Å². The maximum Gasteiger partial charge on any atom is 0.0174 e. The second-order valence-corrected chi connectivity index (χ2v) is 5.51. The SMILES string of the molecule is CCCC(Br)C1CCCC(C)C1. The summed E-state index contributed by atoms with van der Waals surface area (Å²) in [5.41, 5.74) is 0. The second kappa shape index (κ2) is 5.26. The smallest absolute Gasteiger partial charge is 0.0174 e. The van der Waals surface area contributed by atoms with Crippen molar-refractivity contribution < 1.29 is 0 Å². The highest BCUT2D eigenvalue weighted by atomic mass is 79.9. The quantitative estimate of drug-likeness (QED) is 0.634. The van der Waals surface area contributed by atoms with Crippen LogP contribution in [0.25, 0.3) is 0 Å². The molecule has 1 aliphatic carbocycles. The molecule has 0 bridgehead atoms. The topological polar surface area (TPSA) is 0 Å². The number of rotatable bonds is 3. The molecular formula is C11H21Br. The lowest BCUT2D eigenvalue weighted by atomic mass is 9.80. The first-order chi connectivity index (χ1) is 5.74. The van der Waals surface area contributed by atoms with Gasteiger partial charge in [-0.2, -0.15) is 0 Å². The van der Waals surface area contributed by atoms with Crippen LogP contribution in [0.5, 0.6) is 0 Å². The van der Waals surface area contributed by atoms with Crippen molar-refractivity contribution in [2.45, 2.75) is 57.2 Å². The molecule has 3 atom stereocenters. The van der Waals surface area contributed by atoms with Gasteiger partial charge < -0.3 is 0 Å². The van der Waals surface area contributed by atoms with Crippen molar-refractivity contribution in [3.05, 3.63) is 0 Å². The normalized spacial score (nSPS) is 33.2. The van der Waals surface area contributed by atoms with Crippen molar-refractivity contribution in [2.24, 2.45) is 11.8 Å². The van der Waals surface area contributed by atoms with Gasteiger partial charge in [-0.3, -0.25) is 0 Å². The second-order valence-electron chi connectivity index (χ2n) is 4.34. The molecule has 0 radical (unpaired) electrons. The molecule has 72 valence electrons. The van der Waals surface area contributed by atoms with Gasteiger partial charge in [0.1, 0.15) is 0 Å². The van der Waals surface area contributed by atoms with Gasteiger partial charge in [-0.05, 0) is 31.1 Å². The molecule has 0 amide bonds. The van der Waals surface area contributed by atoms with Gasteiger partial charge in [0.15, 0.2) is 0 Å². The average Bonchev–Trinajstić information content (AvgIpc) is 2.05. The molecule has 1 rings (SSSR count).